The standard InChI is InChI=1S/C13H16ClN3O/c1-9(2)17-13(11(14)8-16-17)12(18)6-10-4-3-5-15-7-10/h3-5,7-9,12,18H,6H2,1-2H3. The van der Waals surface area contributed by atoms with Crippen molar-refractivity contribution in [3.63, 3.8) is 0 Å². The van der Waals surface area contributed by atoms with E-state index < -0.39 is 6.10 Å². The topological polar surface area (TPSA) is 50.9 Å². The molecule has 0 saturated heterocycles. The summed E-state index contributed by atoms with van der Waals surface area (Å²) in [5.41, 5.74) is 1.63. The van der Waals surface area contributed by atoms with E-state index in [9.17, 15) is 5.11 Å². The third-order valence-corrected chi connectivity index (χ3v) is 3.03. The van der Waals surface area contributed by atoms with Gasteiger partial charge in [-0.3, -0.25) is 9.67 Å². The van der Waals surface area contributed by atoms with Crippen LogP contribution < -0.4 is 0 Å². The highest BCUT2D eigenvalue weighted by Crippen LogP contribution is 2.27. The minimum atomic E-state index is -0.674. The van der Waals surface area contributed by atoms with Crippen LogP contribution in [0.25, 0.3) is 0 Å². The second-order valence-electron chi connectivity index (χ2n) is 4.50. The maximum absolute atomic E-state index is 10.3. The maximum Gasteiger partial charge on any atom is 0.101 e. The lowest BCUT2D eigenvalue weighted by atomic mass is 10.1. The van der Waals surface area contributed by atoms with Crippen LogP contribution in [0.15, 0.2) is 30.7 Å². The van der Waals surface area contributed by atoms with Gasteiger partial charge < -0.3 is 5.11 Å². The molecule has 0 radical (unpaired) electrons. The quantitative estimate of drug-likeness (QED) is 0.925. The molecule has 0 saturated carbocycles. The van der Waals surface area contributed by atoms with Crippen LogP contribution in [0.5, 0.6) is 0 Å². The van der Waals surface area contributed by atoms with Gasteiger partial charge in [0.25, 0.3) is 0 Å². The number of hydrogen-bond donors (Lipinski definition) is 1. The Bertz CT molecular complexity index is 510. The molecule has 1 unspecified atom stereocenters. The number of aliphatic hydroxyl groups is 1. The first-order valence-electron chi connectivity index (χ1n) is 5.89. The summed E-state index contributed by atoms with van der Waals surface area (Å²) >= 11 is 6.09. The van der Waals surface area contributed by atoms with Gasteiger partial charge in [-0.2, -0.15) is 5.10 Å². The van der Waals surface area contributed by atoms with Crippen molar-refractivity contribution in [1.82, 2.24) is 14.8 Å². The summed E-state index contributed by atoms with van der Waals surface area (Å²) in [6.07, 6.45) is 4.83. The third-order valence-electron chi connectivity index (χ3n) is 2.74. The number of nitrogens with zero attached hydrogens (tertiary/aromatic N) is 3. The Kier molecular flexibility index (Phi) is 3.99. The fraction of sp³-hybridized carbons (Fsp3) is 0.385. The van der Waals surface area contributed by atoms with Crippen molar-refractivity contribution in [2.45, 2.75) is 32.4 Å². The maximum atomic E-state index is 10.3. The van der Waals surface area contributed by atoms with E-state index in [2.05, 4.69) is 10.1 Å². The molecule has 5 heteroatoms. The van der Waals surface area contributed by atoms with E-state index in [4.69, 9.17) is 11.6 Å². The van der Waals surface area contributed by atoms with E-state index >= 15 is 0 Å². The van der Waals surface area contributed by atoms with Gasteiger partial charge in [0, 0.05) is 24.9 Å². The van der Waals surface area contributed by atoms with Crippen LogP contribution in [0.2, 0.25) is 5.02 Å². The molecular weight excluding hydrogens is 250 g/mol. The van der Waals surface area contributed by atoms with Gasteiger partial charge in [0.15, 0.2) is 0 Å². The van der Waals surface area contributed by atoms with Gasteiger partial charge in [-0.25, -0.2) is 0 Å². The Balaban J connectivity index is 2.23. The molecule has 18 heavy (non-hydrogen) atoms. The van der Waals surface area contributed by atoms with Crippen LogP contribution in [-0.4, -0.2) is 19.9 Å². The highest BCUT2D eigenvalue weighted by molar-refractivity contribution is 6.31. The van der Waals surface area contributed by atoms with Crippen LogP contribution in [0, 0.1) is 0 Å². The monoisotopic (exact) mass is 265 g/mol. The Hall–Kier alpha value is -1.39. The molecule has 0 aromatic carbocycles. The first-order chi connectivity index (χ1) is 8.59. The highest BCUT2D eigenvalue weighted by atomic mass is 35.5. The molecule has 0 amide bonds. The van der Waals surface area contributed by atoms with Crippen molar-refractivity contribution in [1.29, 1.82) is 0 Å². The first-order valence-corrected chi connectivity index (χ1v) is 6.27. The second-order valence-corrected chi connectivity index (χ2v) is 4.90. The third kappa shape index (κ3) is 2.71. The Morgan fingerprint density at radius 1 is 1.39 bits per heavy atom. The predicted octanol–water partition coefficient (Wildman–Crippen LogP) is 2.79. The molecule has 0 spiro atoms. The van der Waals surface area contributed by atoms with Gasteiger partial charge in [-0.1, -0.05) is 17.7 Å². The largest absolute Gasteiger partial charge is 0.386 e. The zero-order valence-corrected chi connectivity index (χ0v) is 11.2. The van der Waals surface area contributed by atoms with Crippen molar-refractivity contribution in [2.75, 3.05) is 0 Å². The van der Waals surface area contributed by atoms with Crippen molar-refractivity contribution < 1.29 is 5.11 Å². The summed E-state index contributed by atoms with van der Waals surface area (Å²) in [5.74, 6) is 0. The fourth-order valence-corrected chi connectivity index (χ4v) is 2.17. The molecule has 2 aromatic rings. The van der Waals surface area contributed by atoms with Gasteiger partial charge in [0.1, 0.15) is 6.10 Å². The normalized spacial score (nSPS) is 12.9. The van der Waals surface area contributed by atoms with E-state index in [-0.39, 0.29) is 6.04 Å². The first kappa shape index (κ1) is 13.1. The van der Waals surface area contributed by atoms with E-state index in [1.165, 1.54) is 0 Å². The van der Waals surface area contributed by atoms with E-state index in [1.807, 2.05) is 26.0 Å². The average molecular weight is 266 g/mol. The van der Waals surface area contributed by atoms with Gasteiger partial charge in [0.05, 0.1) is 16.9 Å². The van der Waals surface area contributed by atoms with Crippen molar-refractivity contribution in [3.8, 4) is 0 Å². The lowest BCUT2D eigenvalue weighted by molar-refractivity contribution is 0.164. The smallest absolute Gasteiger partial charge is 0.101 e. The van der Waals surface area contributed by atoms with Gasteiger partial charge in [-0.15, -0.1) is 0 Å². The summed E-state index contributed by atoms with van der Waals surface area (Å²) in [5, 5.41) is 15.0. The minimum absolute atomic E-state index is 0.163. The molecule has 4 nitrogen and oxygen atoms in total. The molecule has 0 fully saturated rings. The number of pyridine rings is 1. The lowest BCUT2D eigenvalue weighted by Crippen LogP contribution is -2.13. The number of aromatic nitrogens is 3. The summed E-state index contributed by atoms with van der Waals surface area (Å²) in [4.78, 5) is 4.03. The van der Waals surface area contributed by atoms with Gasteiger partial charge in [-0.05, 0) is 25.5 Å². The molecule has 2 heterocycles. The van der Waals surface area contributed by atoms with E-state index in [0.29, 0.717) is 17.1 Å². The summed E-state index contributed by atoms with van der Waals surface area (Å²) < 4.78 is 1.75. The summed E-state index contributed by atoms with van der Waals surface area (Å²) in [7, 11) is 0. The van der Waals surface area contributed by atoms with Crippen LogP contribution in [0.3, 0.4) is 0 Å². The molecule has 0 bridgehead atoms. The lowest BCUT2D eigenvalue weighted by Gasteiger charge is -2.16. The highest BCUT2D eigenvalue weighted by Gasteiger charge is 2.19. The Labute approximate surface area is 111 Å². The number of halogens is 1. The predicted molar refractivity (Wildman–Crippen MR) is 70.5 cm³/mol. The molecule has 2 rings (SSSR count). The van der Waals surface area contributed by atoms with Gasteiger partial charge in [0.2, 0.25) is 0 Å². The molecule has 0 aliphatic heterocycles. The molecular formula is C13H16ClN3O. The average Bonchev–Trinajstić information content (AvgIpc) is 2.72. The van der Waals surface area contributed by atoms with Crippen LogP contribution >= 0.6 is 11.6 Å². The Morgan fingerprint density at radius 3 is 2.78 bits per heavy atom. The molecule has 0 aliphatic rings. The minimum Gasteiger partial charge on any atom is -0.386 e. The summed E-state index contributed by atoms with van der Waals surface area (Å²) in [6, 6.07) is 3.94. The molecule has 0 aliphatic carbocycles. The number of hydrogen-bond acceptors (Lipinski definition) is 3. The van der Waals surface area contributed by atoms with Crippen LogP contribution in [-0.2, 0) is 6.42 Å². The molecule has 1 N–H and O–H groups in total. The van der Waals surface area contributed by atoms with E-state index in [0.717, 1.165) is 5.56 Å². The Morgan fingerprint density at radius 2 is 2.17 bits per heavy atom. The van der Waals surface area contributed by atoms with E-state index in [1.54, 1.807) is 23.3 Å². The molecule has 96 valence electrons. The van der Waals surface area contributed by atoms with Crippen LogP contribution in [0.1, 0.15) is 37.3 Å². The molecule has 1 atom stereocenters. The van der Waals surface area contributed by atoms with Gasteiger partial charge >= 0.3 is 0 Å². The summed E-state index contributed by atoms with van der Waals surface area (Å²) in [6.45, 7) is 4.01. The fourth-order valence-electron chi connectivity index (χ4n) is 1.91. The number of rotatable bonds is 4. The zero-order chi connectivity index (χ0) is 13.1. The van der Waals surface area contributed by atoms with Crippen molar-refractivity contribution in [2.24, 2.45) is 0 Å². The van der Waals surface area contributed by atoms with Crippen LogP contribution in [0.4, 0.5) is 0 Å². The van der Waals surface area contributed by atoms with Crippen molar-refractivity contribution >= 4 is 11.6 Å². The van der Waals surface area contributed by atoms with Crippen molar-refractivity contribution in [3.05, 3.63) is 47.0 Å². The number of aliphatic hydroxyl groups excluding tert-OH is 1. The SMILES string of the molecule is CC(C)n1ncc(Cl)c1C(O)Cc1cccnc1. The molecule has 2 aromatic heterocycles. The zero-order valence-electron chi connectivity index (χ0n) is 10.4. The second kappa shape index (κ2) is 5.50.